The lowest BCUT2D eigenvalue weighted by molar-refractivity contribution is 0.0690. The summed E-state index contributed by atoms with van der Waals surface area (Å²) in [5.74, 6) is -0.585. The third-order valence-corrected chi connectivity index (χ3v) is 4.82. The van der Waals surface area contributed by atoms with Crippen LogP contribution in [0.15, 0.2) is 18.2 Å². The molecule has 6 nitrogen and oxygen atoms in total. The van der Waals surface area contributed by atoms with Crippen LogP contribution in [0.5, 0.6) is 0 Å². The van der Waals surface area contributed by atoms with E-state index in [4.69, 9.17) is 0 Å². The number of carbonyl (C=O) groups is 1. The van der Waals surface area contributed by atoms with Gasteiger partial charge in [-0.2, -0.15) is 0 Å². The van der Waals surface area contributed by atoms with Crippen LogP contribution in [-0.2, 0) is 0 Å². The van der Waals surface area contributed by atoms with Crippen molar-refractivity contribution in [1.82, 2.24) is 15.0 Å². The number of rotatable bonds is 4. The van der Waals surface area contributed by atoms with E-state index in [1.807, 2.05) is 44.0 Å². The van der Waals surface area contributed by atoms with E-state index in [0.717, 1.165) is 29.7 Å². The Hall–Kier alpha value is -2.37. The summed E-state index contributed by atoms with van der Waals surface area (Å²) in [5.41, 5.74) is 3.00. The molecule has 1 N–H and O–H groups in total. The number of hydrogen-bond donors (Lipinski definition) is 1. The third kappa shape index (κ3) is 3.13. The minimum atomic E-state index is -1.04. The zero-order valence-corrected chi connectivity index (χ0v) is 14.5. The number of anilines is 1. The number of aryl methyl sites for hydroxylation is 2. The summed E-state index contributed by atoms with van der Waals surface area (Å²) in [5, 5.41) is 18.3. The predicted octanol–water partition coefficient (Wildman–Crippen LogP) is 3.35. The second kappa shape index (κ2) is 6.63. The van der Waals surface area contributed by atoms with Crippen LogP contribution in [0.4, 0.5) is 5.82 Å². The number of nitrogens with zero attached hydrogens (tertiary/aromatic N) is 4. The first-order valence-electron chi connectivity index (χ1n) is 8.48. The van der Waals surface area contributed by atoms with Gasteiger partial charge in [0.15, 0.2) is 5.82 Å². The average Bonchev–Trinajstić information content (AvgIpc) is 3.00. The molecule has 1 heterocycles. The highest BCUT2D eigenvalue weighted by molar-refractivity contribution is 5.91. The molecular weight excluding hydrogens is 304 g/mol. The maximum Gasteiger partial charge on any atom is 0.360 e. The summed E-state index contributed by atoms with van der Waals surface area (Å²) in [6.45, 7) is 4.01. The largest absolute Gasteiger partial charge is 0.476 e. The highest BCUT2D eigenvalue weighted by Crippen LogP contribution is 2.27. The molecule has 24 heavy (non-hydrogen) atoms. The first-order chi connectivity index (χ1) is 11.5. The fourth-order valence-corrected chi connectivity index (χ4v) is 3.45. The first-order valence-corrected chi connectivity index (χ1v) is 8.48. The second-order valence-electron chi connectivity index (χ2n) is 6.66. The molecule has 1 aromatic heterocycles. The Morgan fingerprint density at radius 1 is 1.21 bits per heavy atom. The van der Waals surface area contributed by atoms with Crippen molar-refractivity contribution < 1.29 is 9.90 Å². The summed E-state index contributed by atoms with van der Waals surface area (Å²) in [6, 6.07) is 6.29. The smallest absolute Gasteiger partial charge is 0.360 e. The summed E-state index contributed by atoms with van der Waals surface area (Å²) in [6.07, 6.45) is 5.77. The zero-order chi connectivity index (χ0) is 17.3. The Morgan fingerprint density at radius 3 is 2.54 bits per heavy atom. The van der Waals surface area contributed by atoms with Crippen LogP contribution >= 0.6 is 0 Å². The molecule has 6 heteroatoms. The van der Waals surface area contributed by atoms with E-state index >= 15 is 0 Å². The molecule has 1 aromatic carbocycles. The van der Waals surface area contributed by atoms with Crippen LogP contribution < -0.4 is 4.90 Å². The molecule has 128 valence electrons. The molecular formula is C18H24N4O2. The molecule has 3 rings (SSSR count). The van der Waals surface area contributed by atoms with Crippen molar-refractivity contribution in [2.75, 3.05) is 11.9 Å². The number of carboxylic acids is 1. The average molecular weight is 328 g/mol. The van der Waals surface area contributed by atoms with Crippen LogP contribution in [0.2, 0.25) is 0 Å². The third-order valence-electron chi connectivity index (χ3n) is 4.82. The molecule has 0 bridgehead atoms. The van der Waals surface area contributed by atoms with Gasteiger partial charge in [-0.15, -0.1) is 15.0 Å². The fourth-order valence-electron chi connectivity index (χ4n) is 3.45. The van der Waals surface area contributed by atoms with Crippen molar-refractivity contribution in [3.63, 3.8) is 0 Å². The van der Waals surface area contributed by atoms with Gasteiger partial charge in [0.2, 0.25) is 5.69 Å². The lowest BCUT2D eigenvalue weighted by Crippen LogP contribution is -2.34. The standard InChI is InChI=1S/C18H24N4O2/c1-12-9-10-15(13(2)11-12)22-19-16(18(23)24)17(20-22)21(3)14-7-5-4-6-8-14/h9-11,14H,4-8H2,1-3H3,(H,23,24). The van der Waals surface area contributed by atoms with Gasteiger partial charge in [-0.05, 0) is 38.3 Å². The van der Waals surface area contributed by atoms with E-state index in [1.54, 1.807) is 0 Å². The monoisotopic (exact) mass is 328 g/mol. The van der Waals surface area contributed by atoms with Crippen molar-refractivity contribution in [1.29, 1.82) is 0 Å². The number of carboxylic acid groups (broad SMARTS) is 1. The van der Waals surface area contributed by atoms with E-state index in [2.05, 4.69) is 10.2 Å². The Kier molecular flexibility index (Phi) is 4.55. The summed E-state index contributed by atoms with van der Waals surface area (Å²) >= 11 is 0. The van der Waals surface area contributed by atoms with E-state index in [0.29, 0.717) is 11.9 Å². The SMILES string of the molecule is Cc1ccc(-n2nc(C(=O)O)c(N(C)C3CCCCC3)n2)c(C)c1. The minimum Gasteiger partial charge on any atom is -0.476 e. The molecule has 0 spiro atoms. The van der Waals surface area contributed by atoms with Gasteiger partial charge in [0.25, 0.3) is 0 Å². The van der Waals surface area contributed by atoms with Gasteiger partial charge in [-0.1, -0.05) is 37.0 Å². The van der Waals surface area contributed by atoms with Crippen LogP contribution in [-0.4, -0.2) is 39.2 Å². The van der Waals surface area contributed by atoms with Crippen LogP contribution in [0.3, 0.4) is 0 Å². The Bertz CT molecular complexity index is 747. The maximum atomic E-state index is 11.7. The van der Waals surface area contributed by atoms with Crippen molar-refractivity contribution in [2.24, 2.45) is 0 Å². The molecule has 2 aromatic rings. The summed E-state index contributed by atoms with van der Waals surface area (Å²) < 4.78 is 0. The normalized spacial score (nSPS) is 15.5. The number of benzene rings is 1. The van der Waals surface area contributed by atoms with Gasteiger partial charge in [0.05, 0.1) is 5.69 Å². The Balaban J connectivity index is 2.00. The summed E-state index contributed by atoms with van der Waals surface area (Å²) in [4.78, 5) is 15.1. The molecule has 0 saturated heterocycles. The predicted molar refractivity (Wildman–Crippen MR) is 93.1 cm³/mol. The van der Waals surface area contributed by atoms with Gasteiger partial charge in [-0.3, -0.25) is 0 Å². The van der Waals surface area contributed by atoms with Crippen molar-refractivity contribution in [3.05, 3.63) is 35.0 Å². The van der Waals surface area contributed by atoms with Crippen molar-refractivity contribution in [3.8, 4) is 5.69 Å². The van der Waals surface area contributed by atoms with Gasteiger partial charge in [0.1, 0.15) is 0 Å². The molecule has 0 atom stereocenters. The lowest BCUT2D eigenvalue weighted by atomic mass is 9.94. The first kappa shape index (κ1) is 16.5. The number of hydrogen-bond acceptors (Lipinski definition) is 4. The van der Waals surface area contributed by atoms with Crippen molar-refractivity contribution in [2.45, 2.75) is 52.0 Å². The van der Waals surface area contributed by atoms with E-state index in [1.165, 1.54) is 24.1 Å². The van der Waals surface area contributed by atoms with Crippen LogP contribution in [0.25, 0.3) is 5.69 Å². The molecule has 1 saturated carbocycles. The number of aromatic carboxylic acids is 1. The van der Waals surface area contributed by atoms with Gasteiger partial charge in [-0.25, -0.2) is 4.79 Å². The molecule has 0 amide bonds. The quantitative estimate of drug-likeness (QED) is 0.932. The fraction of sp³-hybridized carbons (Fsp3) is 0.500. The zero-order valence-electron chi connectivity index (χ0n) is 14.5. The molecule has 1 fully saturated rings. The van der Waals surface area contributed by atoms with E-state index < -0.39 is 5.97 Å². The molecule has 0 aliphatic heterocycles. The molecule has 0 unspecified atom stereocenters. The van der Waals surface area contributed by atoms with Crippen molar-refractivity contribution >= 4 is 11.8 Å². The highest BCUT2D eigenvalue weighted by Gasteiger charge is 2.27. The molecule has 0 radical (unpaired) electrons. The Labute approximate surface area is 142 Å². The van der Waals surface area contributed by atoms with E-state index in [-0.39, 0.29) is 5.69 Å². The summed E-state index contributed by atoms with van der Waals surface area (Å²) in [7, 11) is 1.93. The minimum absolute atomic E-state index is 0.0167. The van der Waals surface area contributed by atoms with E-state index in [9.17, 15) is 9.90 Å². The lowest BCUT2D eigenvalue weighted by Gasteiger charge is -2.31. The van der Waals surface area contributed by atoms with Crippen LogP contribution in [0.1, 0.15) is 53.7 Å². The van der Waals surface area contributed by atoms with Gasteiger partial charge < -0.3 is 10.0 Å². The van der Waals surface area contributed by atoms with Gasteiger partial charge in [0, 0.05) is 13.1 Å². The second-order valence-corrected chi connectivity index (χ2v) is 6.66. The number of aromatic nitrogens is 3. The van der Waals surface area contributed by atoms with Gasteiger partial charge >= 0.3 is 5.97 Å². The maximum absolute atomic E-state index is 11.7. The highest BCUT2D eigenvalue weighted by atomic mass is 16.4. The van der Waals surface area contributed by atoms with Crippen LogP contribution in [0, 0.1) is 13.8 Å². The molecule has 1 aliphatic carbocycles. The Morgan fingerprint density at radius 2 is 1.92 bits per heavy atom. The topological polar surface area (TPSA) is 71.2 Å². The molecule has 1 aliphatic rings.